The van der Waals surface area contributed by atoms with E-state index in [-0.39, 0.29) is 12.0 Å². The molecule has 0 saturated carbocycles. The van der Waals surface area contributed by atoms with Gasteiger partial charge in [0.25, 0.3) is 0 Å². The number of likely N-dealkylation sites (N-methyl/N-ethyl adjacent to an activating group) is 1. The van der Waals surface area contributed by atoms with E-state index in [4.69, 9.17) is 9.47 Å². The summed E-state index contributed by atoms with van der Waals surface area (Å²) in [6, 6.07) is 0.258. The minimum Gasteiger partial charge on any atom is -0.463 e. The fraction of sp³-hybridized carbons (Fsp3) is 0.933. The van der Waals surface area contributed by atoms with Gasteiger partial charge in [-0.1, -0.05) is 27.7 Å². The molecule has 1 saturated heterocycles. The van der Waals surface area contributed by atoms with Gasteiger partial charge >= 0.3 is 5.97 Å². The molecule has 5 heteroatoms. The van der Waals surface area contributed by atoms with Crippen molar-refractivity contribution in [1.29, 1.82) is 0 Å². The largest absolute Gasteiger partial charge is 0.463 e. The van der Waals surface area contributed by atoms with Gasteiger partial charge in [0, 0.05) is 19.1 Å². The van der Waals surface area contributed by atoms with Gasteiger partial charge in [-0.3, -0.25) is 9.69 Å². The van der Waals surface area contributed by atoms with Crippen LogP contribution in [0.5, 0.6) is 0 Å². The van der Waals surface area contributed by atoms with Gasteiger partial charge in [0.2, 0.25) is 0 Å². The summed E-state index contributed by atoms with van der Waals surface area (Å²) in [7, 11) is 3.95. The maximum Gasteiger partial charge on any atom is 0.320 e. The molecule has 1 atom stereocenters. The van der Waals surface area contributed by atoms with E-state index in [2.05, 4.69) is 4.90 Å². The molecule has 0 amide bonds. The van der Waals surface area contributed by atoms with Crippen LogP contribution in [-0.4, -0.2) is 75.4 Å². The second-order valence-electron chi connectivity index (χ2n) is 4.38. The molecule has 0 bridgehead atoms. The van der Waals surface area contributed by atoms with Gasteiger partial charge in [0.1, 0.15) is 6.61 Å². The highest BCUT2D eigenvalue weighted by atomic mass is 16.5. The highest BCUT2D eigenvalue weighted by Crippen LogP contribution is 1.98. The molecule has 0 aromatic rings. The number of hydrogen-bond donors (Lipinski definition) is 0. The summed E-state index contributed by atoms with van der Waals surface area (Å²) in [6.07, 6.45) is 0. The number of nitrogens with zero attached hydrogens (tertiary/aromatic N) is 2. The van der Waals surface area contributed by atoms with E-state index in [0.29, 0.717) is 26.4 Å². The molecule has 1 aliphatic rings. The van der Waals surface area contributed by atoms with Crippen molar-refractivity contribution in [2.45, 2.75) is 40.7 Å². The molecule has 122 valence electrons. The molecular weight excluding hydrogens is 256 g/mol. The SMILES string of the molecule is CC.CC.CC(COC(=O)CN1CCOCC1)N(C)C. The second kappa shape index (κ2) is 14.8. The third-order valence-electron chi connectivity index (χ3n) is 2.82. The van der Waals surface area contributed by atoms with Crippen LogP contribution in [0.15, 0.2) is 0 Å². The topological polar surface area (TPSA) is 42.0 Å². The number of carbonyl (C=O) groups excluding carboxylic acids is 1. The molecular formula is C15H34N2O3. The van der Waals surface area contributed by atoms with Crippen molar-refractivity contribution in [3.05, 3.63) is 0 Å². The molecule has 0 aromatic heterocycles. The highest BCUT2D eigenvalue weighted by Gasteiger charge is 2.15. The molecule has 0 spiro atoms. The van der Waals surface area contributed by atoms with Crippen LogP contribution in [0.1, 0.15) is 34.6 Å². The number of rotatable bonds is 5. The van der Waals surface area contributed by atoms with Crippen molar-refractivity contribution in [1.82, 2.24) is 9.80 Å². The van der Waals surface area contributed by atoms with Crippen molar-refractivity contribution in [3.63, 3.8) is 0 Å². The molecule has 1 aliphatic heterocycles. The minimum atomic E-state index is -0.143. The Balaban J connectivity index is 0. The van der Waals surface area contributed by atoms with E-state index in [1.165, 1.54) is 0 Å². The zero-order valence-corrected chi connectivity index (χ0v) is 14.4. The van der Waals surface area contributed by atoms with Crippen LogP contribution in [-0.2, 0) is 14.3 Å². The minimum absolute atomic E-state index is 0.143. The average molecular weight is 290 g/mol. The standard InChI is InChI=1S/C11H22N2O3.2C2H6/c1-10(12(2)3)9-16-11(14)8-13-4-6-15-7-5-13;2*1-2/h10H,4-9H2,1-3H3;2*1-2H3. The first-order chi connectivity index (χ1) is 9.59. The van der Waals surface area contributed by atoms with E-state index in [1.54, 1.807) is 0 Å². The molecule has 1 heterocycles. The molecule has 5 nitrogen and oxygen atoms in total. The van der Waals surface area contributed by atoms with Crippen LogP contribution >= 0.6 is 0 Å². The van der Waals surface area contributed by atoms with Crippen LogP contribution < -0.4 is 0 Å². The Bertz CT molecular complexity index is 217. The van der Waals surface area contributed by atoms with Gasteiger partial charge in [-0.15, -0.1) is 0 Å². The van der Waals surface area contributed by atoms with Gasteiger partial charge in [0.05, 0.1) is 19.8 Å². The Kier molecular flexibility index (Phi) is 16.0. The van der Waals surface area contributed by atoms with E-state index in [1.807, 2.05) is 53.6 Å². The zero-order valence-electron chi connectivity index (χ0n) is 14.4. The van der Waals surface area contributed by atoms with Crippen molar-refractivity contribution in [2.24, 2.45) is 0 Å². The van der Waals surface area contributed by atoms with E-state index in [0.717, 1.165) is 13.1 Å². The molecule has 20 heavy (non-hydrogen) atoms. The fourth-order valence-corrected chi connectivity index (χ4v) is 1.35. The molecule has 0 radical (unpaired) electrons. The Morgan fingerprint density at radius 3 is 2.15 bits per heavy atom. The zero-order chi connectivity index (χ0) is 16.0. The number of carbonyl (C=O) groups is 1. The van der Waals surface area contributed by atoms with Gasteiger partial charge < -0.3 is 14.4 Å². The molecule has 1 fully saturated rings. The molecule has 0 aromatic carbocycles. The Labute approximate surface area is 125 Å². The van der Waals surface area contributed by atoms with Crippen molar-refractivity contribution in [2.75, 3.05) is 53.6 Å². The van der Waals surface area contributed by atoms with Gasteiger partial charge in [-0.05, 0) is 21.0 Å². The predicted octanol–water partition coefficient (Wildman–Crippen LogP) is 1.86. The van der Waals surface area contributed by atoms with E-state index < -0.39 is 0 Å². The van der Waals surface area contributed by atoms with Gasteiger partial charge in [-0.25, -0.2) is 0 Å². The Morgan fingerprint density at radius 1 is 1.20 bits per heavy atom. The lowest BCUT2D eigenvalue weighted by atomic mass is 10.3. The first kappa shape index (κ1) is 21.6. The highest BCUT2D eigenvalue weighted by molar-refractivity contribution is 5.71. The molecule has 0 N–H and O–H groups in total. The summed E-state index contributed by atoms with van der Waals surface area (Å²) in [4.78, 5) is 15.6. The fourth-order valence-electron chi connectivity index (χ4n) is 1.35. The molecule has 1 unspecified atom stereocenters. The lowest BCUT2D eigenvalue weighted by Gasteiger charge is -2.26. The third-order valence-corrected chi connectivity index (χ3v) is 2.82. The summed E-state index contributed by atoms with van der Waals surface area (Å²) in [5.41, 5.74) is 0. The average Bonchev–Trinajstić information content (AvgIpc) is 2.49. The summed E-state index contributed by atoms with van der Waals surface area (Å²) < 4.78 is 10.4. The van der Waals surface area contributed by atoms with Crippen LogP contribution in [0.2, 0.25) is 0 Å². The van der Waals surface area contributed by atoms with Crippen LogP contribution in [0, 0.1) is 0 Å². The quantitative estimate of drug-likeness (QED) is 0.723. The lowest BCUT2D eigenvalue weighted by Crippen LogP contribution is -2.41. The van der Waals surface area contributed by atoms with Gasteiger partial charge in [-0.2, -0.15) is 0 Å². The summed E-state index contributed by atoms with van der Waals surface area (Å²) in [5, 5.41) is 0. The van der Waals surface area contributed by atoms with Crippen LogP contribution in [0.4, 0.5) is 0 Å². The maximum absolute atomic E-state index is 11.5. The number of esters is 1. The predicted molar refractivity (Wildman–Crippen MR) is 84.1 cm³/mol. The number of morpholine rings is 1. The third kappa shape index (κ3) is 11.2. The van der Waals surface area contributed by atoms with Crippen LogP contribution in [0.25, 0.3) is 0 Å². The maximum atomic E-state index is 11.5. The van der Waals surface area contributed by atoms with E-state index in [9.17, 15) is 4.79 Å². The first-order valence-electron chi connectivity index (χ1n) is 7.71. The number of ether oxygens (including phenoxy) is 2. The van der Waals surface area contributed by atoms with Gasteiger partial charge in [0.15, 0.2) is 0 Å². The van der Waals surface area contributed by atoms with Crippen molar-refractivity contribution in [3.8, 4) is 0 Å². The summed E-state index contributed by atoms with van der Waals surface area (Å²) >= 11 is 0. The molecule has 1 rings (SSSR count). The monoisotopic (exact) mass is 290 g/mol. The summed E-state index contributed by atoms with van der Waals surface area (Å²) in [5.74, 6) is -0.143. The van der Waals surface area contributed by atoms with E-state index >= 15 is 0 Å². The van der Waals surface area contributed by atoms with Crippen molar-refractivity contribution >= 4 is 5.97 Å². The smallest absolute Gasteiger partial charge is 0.320 e. The summed E-state index contributed by atoms with van der Waals surface area (Å²) in [6.45, 7) is 13.9. The Morgan fingerprint density at radius 2 is 1.70 bits per heavy atom. The number of hydrogen-bond acceptors (Lipinski definition) is 5. The van der Waals surface area contributed by atoms with Crippen LogP contribution in [0.3, 0.4) is 0 Å². The van der Waals surface area contributed by atoms with Crippen molar-refractivity contribution < 1.29 is 14.3 Å². The second-order valence-corrected chi connectivity index (χ2v) is 4.38. The first-order valence-corrected chi connectivity index (χ1v) is 7.71. The molecule has 0 aliphatic carbocycles. The normalized spacial score (nSPS) is 16.4. The Hall–Kier alpha value is -0.650. The lowest BCUT2D eigenvalue weighted by molar-refractivity contribution is -0.147.